The summed E-state index contributed by atoms with van der Waals surface area (Å²) in [7, 11) is 0. The first-order chi connectivity index (χ1) is 10.0. The van der Waals surface area contributed by atoms with Crippen molar-refractivity contribution in [2.24, 2.45) is 0 Å². The summed E-state index contributed by atoms with van der Waals surface area (Å²) in [6.45, 7) is 8.16. The van der Waals surface area contributed by atoms with Crippen LogP contribution in [-0.2, 0) is 0 Å². The van der Waals surface area contributed by atoms with Gasteiger partial charge in [-0.2, -0.15) is 0 Å². The molecule has 0 radical (unpaired) electrons. The summed E-state index contributed by atoms with van der Waals surface area (Å²) in [6.07, 6.45) is 0.823. The highest BCUT2D eigenvalue weighted by Gasteiger charge is 2.17. The number of nitrogens with one attached hydrogen (secondary N) is 1. The number of hydrogen-bond acceptors (Lipinski definition) is 3. The first-order valence-corrected chi connectivity index (χ1v) is 7.35. The van der Waals surface area contributed by atoms with E-state index in [9.17, 15) is 4.79 Å². The van der Waals surface area contributed by atoms with Crippen LogP contribution in [0.4, 0.5) is 0 Å². The number of aromatic nitrogens is 1. The maximum atomic E-state index is 12.1. The van der Waals surface area contributed by atoms with Crippen LogP contribution < -0.4 is 5.32 Å². The molecule has 4 nitrogen and oxygen atoms in total. The molecule has 2 aromatic rings. The van der Waals surface area contributed by atoms with Crippen molar-refractivity contribution in [1.29, 1.82) is 0 Å². The maximum absolute atomic E-state index is 12.1. The van der Waals surface area contributed by atoms with Gasteiger partial charge >= 0.3 is 0 Å². The smallest absolute Gasteiger partial charge is 0.273 e. The van der Waals surface area contributed by atoms with E-state index < -0.39 is 0 Å². The molecule has 0 saturated carbocycles. The number of hydrogen-bond donors (Lipinski definition) is 1. The van der Waals surface area contributed by atoms with Gasteiger partial charge in [-0.25, -0.2) is 0 Å². The fourth-order valence-corrected chi connectivity index (χ4v) is 2.24. The molecule has 21 heavy (non-hydrogen) atoms. The highest BCUT2D eigenvalue weighted by atomic mass is 16.5. The summed E-state index contributed by atoms with van der Waals surface area (Å²) in [5, 5.41) is 6.75. The largest absolute Gasteiger partial charge is 0.361 e. The Morgan fingerprint density at radius 1 is 1.24 bits per heavy atom. The summed E-state index contributed by atoms with van der Waals surface area (Å²) in [5.41, 5.74) is 2.73. The molecule has 0 saturated heterocycles. The minimum Gasteiger partial charge on any atom is -0.361 e. The van der Waals surface area contributed by atoms with Crippen LogP contribution in [0.25, 0.3) is 0 Å². The molecule has 1 atom stereocenters. The van der Waals surface area contributed by atoms with E-state index in [1.54, 1.807) is 13.0 Å². The highest BCUT2D eigenvalue weighted by Crippen LogP contribution is 2.21. The lowest BCUT2D eigenvalue weighted by Crippen LogP contribution is -2.28. The lowest BCUT2D eigenvalue weighted by atomic mass is 9.98. The molecule has 0 aliphatic heterocycles. The van der Waals surface area contributed by atoms with Gasteiger partial charge in [0.2, 0.25) is 0 Å². The first kappa shape index (κ1) is 15.3. The van der Waals surface area contributed by atoms with Crippen LogP contribution in [-0.4, -0.2) is 11.1 Å². The van der Waals surface area contributed by atoms with Gasteiger partial charge in [-0.05, 0) is 30.4 Å². The summed E-state index contributed by atoms with van der Waals surface area (Å²) in [6, 6.07) is 10.0. The number of carbonyl (C=O) groups excluding carboxylic acids is 1. The van der Waals surface area contributed by atoms with Crippen molar-refractivity contribution in [2.45, 2.75) is 46.1 Å². The van der Waals surface area contributed by atoms with Gasteiger partial charge < -0.3 is 9.84 Å². The van der Waals surface area contributed by atoms with Crippen LogP contribution in [0.1, 0.15) is 66.5 Å². The molecule has 0 aliphatic rings. The van der Waals surface area contributed by atoms with Gasteiger partial charge in [0.1, 0.15) is 5.76 Å². The van der Waals surface area contributed by atoms with Gasteiger partial charge in [0.05, 0.1) is 6.04 Å². The van der Waals surface area contributed by atoms with Crippen molar-refractivity contribution in [3.8, 4) is 0 Å². The van der Waals surface area contributed by atoms with Crippen LogP contribution >= 0.6 is 0 Å². The third kappa shape index (κ3) is 3.72. The van der Waals surface area contributed by atoms with Crippen LogP contribution in [0.3, 0.4) is 0 Å². The van der Waals surface area contributed by atoms with Crippen molar-refractivity contribution in [3.05, 3.63) is 52.9 Å². The van der Waals surface area contributed by atoms with E-state index in [1.807, 2.05) is 0 Å². The zero-order chi connectivity index (χ0) is 15.4. The average Bonchev–Trinajstić information content (AvgIpc) is 2.91. The predicted octanol–water partition coefficient (Wildman–Crippen LogP) is 3.99. The summed E-state index contributed by atoms with van der Waals surface area (Å²) in [5.74, 6) is 0.938. The average molecular weight is 286 g/mol. The fraction of sp³-hybridized carbons (Fsp3) is 0.412. The Morgan fingerprint density at radius 3 is 2.33 bits per heavy atom. The van der Waals surface area contributed by atoms with Gasteiger partial charge in [-0.3, -0.25) is 4.79 Å². The molecule has 1 heterocycles. The molecule has 1 unspecified atom stereocenters. The Morgan fingerprint density at radius 2 is 1.86 bits per heavy atom. The SMILES string of the molecule is CCC(NC(=O)c1cc(C)on1)c1ccc(C(C)C)cc1. The molecule has 0 aliphatic carbocycles. The molecule has 1 amide bonds. The van der Waals surface area contributed by atoms with Crippen LogP contribution in [0.5, 0.6) is 0 Å². The number of benzene rings is 1. The quantitative estimate of drug-likeness (QED) is 0.904. The van der Waals surface area contributed by atoms with Gasteiger partial charge in [-0.1, -0.05) is 50.2 Å². The molecule has 0 fully saturated rings. The molecule has 1 aromatic heterocycles. The number of carbonyl (C=O) groups is 1. The highest BCUT2D eigenvalue weighted by molar-refractivity contribution is 5.92. The molecule has 0 bridgehead atoms. The minimum absolute atomic E-state index is 0.0179. The van der Waals surface area contributed by atoms with Crippen molar-refractivity contribution >= 4 is 5.91 Å². The molecular formula is C17H22N2O2. The van der Waals surface area contributed by atoms with Crippen LogP contribution in [0.15, 0.2) is 34.9 Å². The first-order valence-electron chi connectivity index (χ1n) is 7.35. The normalized spacial score (nSPS) is 12.4. The predicted molar refractivity (Wildman–Crippen MR) is 82.3 cm³/mol. The number of rotatable bonds is 5. The van der Waals surface area contributed by atoms with Crippen LogP contribution in [0, 0.1) is 6.92 Å². The van der Waals surface area contributed by atoms with E-state index in [2.05, 4.69) is 55.5 Å². The van der Waals surface area contributed by atoms with E-state index >= 15 is 0 Å². The van der Waals surface area contributed by atoms with Crippen molar-refractivity contribution in [3.63, 3.8) is 0 Å². The Balaban J connectivity index is 2.10. The van der Waals surface area contributed by atoms with E-state index in [1.165, 1.54) is 5.56 Å². The Bertz CT molecular complexity index is 600. The minimum atomic E-state index is -0.202. The summed E-state index contributed by atoms with van der Waals surface area (Å²) >= 11 is 0. The van der Waals surface area contributed by atoms with E-state index in [0.717, 1.165) is 12.0 Å². The van der Waals surface area contributed by atoms with Crippen molar-refractivity contribution < 1.29 is 9.32 Å². The van der Waals surface area contributed by atoms with Gasteiger partial charge in [0.25, 0.3) is 5.91 Å². The van der Waals surface area contributed by atoms with Crippen LogP contribution in [0.2, 0.25) is 0 Å². The van der Waals surface area contributed by atoms with Gasteiger partial charge in [-0.15, -0.1) is 0 Å². The number of aryl methyl sites for hydroxylation is 1. The van der Waals surface area contributed by atoms with Gasteiger partial charge in [0, 0.05) is 6.07 Å². The Labute approximate surface area is 125 Å². The molecule has 2 rings (SSSR count). The summed E-state index contributed by atoms with van der Waals surface area (Å²) in [4.78, 5) is 12.1. The third-order valence-corrected chi connectivity index (χ3v) is 3.58. The van der Waals surface area contributed by atoms with Crippen molar-refractivity contribution in [2.75, 3.05) is 0 Å². The lowest BCUT2D eigenvalue weighted by Gasteiger charge is -2.17. The third-order valence-electron chi connectivity index (χ3n) is 3.58. The Kier molecular flexibility index (Phi) is 4.78. The molecule has 0 spiro atoms. The Hall–Kier alpha value is -2.10. The standard InChI is InChI=1S/C17H22N2O2/c1-5-15(14-8-6-13(7-9-14)11(2)3)18-17(20)16-10-12(4)21-19-16/h6-11,15H,5H2,1-4H3,(H,18,20). The topological polar surface area (TPSA) is 55.1 Å². The van der Waals surface area contributed by atoms with E-state index in [-0.39, 0.29) is 11.9 Å². The second-order valence-corrected chi connectivity index (χ2v) is 5.58. The van der Waals surface area contributed by atoms with Gasteiger partial charge in [0.15, 0.2) is 5.69 Å². The van der Waals surface area contributed by atoms with Crippen molar-refractivity contribution in [1.82, 2.24) is 10.5 Å². The lowest BCUT2D eigenvalue weighted by molar-refractivity contribution is 0.0926. The molecule has 112 valence electrons. The molecule has 4 heteroatoms. The summed E-state index contributed by atoms with van der Waals surface area (Å²) < 4.78 is 4.94. The zero-order valence-corrected chi connectivity index (χ0v) is 13.0. The number of nitrogens with zero attached hydrogens (tertiary/aromatic N) is 1. The number of amides is 1. The van der Waals surface area contributed by atoms with E-state index in [0.29, 0.717) is 17.4 Å². The molecule has 1 aromatic carbocycles. The van der Waals surface area contributed by atoms with E-state index in [4.69, 9.17) is 4.52 Å². The monoisotopic (exact) mass is 286 g/mol. The molecule has 1 N–H and O–H groups in total. The molecular weight excluding hydrogens is 264 g/mol. The fourth-order valence-electron chi connectivity index (χ4n) is 2.24. The second-order valence-electron chi connectivity index (χ2n) is 5.58. The zero-order valence-electron chi connectivity index (χ0n) is 13.0. The maximum Gasteiger partial charge on any atom is 0.273 e. The second kappa shape index (κ2) is 6.57.